The highest BCUT2D eigenvalue weighted by molar-refractivity contribution is 5.96. The highest BCUT2D eigenvalue weighted by Gasteiger charge is 2.27. The molecule has 5 rings (SSSR count). The number of aryl methyl sites for hydroxylation is 1. The van der Waals surface area contributed by atoms with Crippen LogP contribution in [0.15, 0.2) is 47.0 Å². The van der Waals surface area contributed by atoms with E-state index in [1.165, 1.54) is 12.8 Å². The highest BCUT2D eigenvalue weighted by atomic mass is 16.5. The van der Waals surface area contributed by atoms with Crippen molar-refractivity contribution in [3.8, 4) is 23.1 Å². The van der Waals surface area contributed by atoms with Gasteiger partial charge in [-0.05, 0) is 69.4 Å². The van der Waals surface area contributed by atoms with Crippen LogP contribution in [0.2, 0.25) is 0 Å². The summed E-state index contributed by atoms with van der Waals surface area (Å²) in [6.07, 6.45) is 2.36. The smallest absolute Gasteiger partial charge is 0.319 e. The molecule has 1 saturated carbocycles. The molecule has 9 nitrogen and oxygen atoms in total. The molecule has 1 aliphatic carbocycles. The largest absolute Gasteiger partial charge is 0.484 e. The molecule has 0 aliphatic heterocycles. The number of nitrogens with one attached hydrogen (secondary N) is 2. The molecule has 0 atom stereocenters. The molecule has 1 fully saturated rings. The number of urea groups is 1. The predicted molar refractivity (Wildman–Crippen MR) is 135 cm³/mol. The van der Waals surface area contributed by atoms with Gasteiger partial charge in [0.15, 0.2) is 12.4 Å². The van der Waals surface area contributed by atoms with Crippen LogP contribution in [0.4, 0.5) is 10.5 Å². The quantitative estimate of drug-likeness (QED) is 0.346. The molecular formula is C27H28N6O3. The number of hydrogen-bond acceptors (Lipinski definition) is 6. The van der Waals surface area contributed by atoms with Crippen molar-refractivity contribution < 1.29 is 14.1 Å². The number of fused-ring (bicyclic) bond motifs is 1. The normalized spacial score (nSPS) is 13.1. The van der Waals surface area contributed by atoms with E-state index >= 15 is 0 Å². The molecule has 2 N–H and O–H groups in total. The Labute approximate surface area is 209 Å². The van der Waals surface area contributed by atoms with Crippen LogP contribution >= 0.6 is 0 Å². The van der Waals surface area contributed by atoms with E-state index in [0.29, 0.717) is 34.6 Å². The second-order valence-corrected chi connectivity index (χ2v) is 9.42. The van der Waals surface area contributed by atoms with Crippen molar-refractivity contribution in [1.82, 2.24) is 20.0 Å². The van der Waals surface area contributed by atoms with Crippen LogP contribution in [0, 0.1) is 24.2 Å². The number of nitriles is 1. The molecule has 0 bridgehead atoms. The van der Waals surface area contributed by atoms with Gasteiger partial charge in [-0.3, -0.25) is 0 Å². The predicted octanol–water partition coefficient (Wildman–Crippen LogP) is 5.39. The molecule has 0 unspecified atom stereocenters. The average Bonchev–Trinajstić information content (AvgIpc) is 3.49. The first-order valence-electron chi connectivity index (χ1n) is 12.1. The Hall–Kier alpha value is -4.32. The van der Waals surface area contributed by atoms with Crippen LogP contribution in [0.1, 0.15) is 44.0 Å². The van der Waals surface area contributed by atoms with E-state index in [4.69, 9.17) is 9.26 Å². The summed E-state index contributed by atoms with van der Waals surface area (Å²) in [5.41, 5.74) is 4.06. The second kappa shape index (κ2) is 9.74. The van der Waals surface area contributed by atoms with Crippen LogP contribution < -0.4 is 15.4 Å². The minimum absolute atomic E-state index is 0.0468. The fourth-order valence-corrected chi connectivity index (χ4v) is 4.27. The third-order valence-corrected chi connectivity index (χ3v) is 6.05. The summed E-state index contributed by atoms with van der Waals surface area (Å²) in [6, 6.07) is 15.6. The molecule has 1 aliphatic rings. The molecule has 2 aromatic heterocycles. The summed E-state index contributed by atoms with van der Waals surface area (Å²) >= 11 is 0. The van der Waals surface area contributed by atoms with Crippen molar-refractivity contribution >= 4 is 22.6 Å². The maximum Gasteiger partial charge on any atom is 0.319 e. The fraction of sp³-hybridized carbons (Fsp3) is 0.333. The van der Waals surface area contributed by atoms with Gasteiger partial charge in [-0.15, -0.1) is 0 Å². The van der Waals surface area contributed by atoms with Crippen molar-refractivity contribution in [3.05, 3.63) is 59.7 Å². The third-order valence-electron chi connectivity index (χ3n) is 6.05. The summed E-state index contributed by atoms with van der Waals surface area (Å²) in [7, 11) is 0. The van der Waals surface area contributed by atoms with Crippen LogP contribution in [-0.2, 0) is 13.2 Å². The number of hydrogen-bond donors (Lipinski definition) is 2. The molecule has 4 aromatic rings. The van der Waals surface area contributed by atoms with E-state index in [1.54, 1.807) is 6.92 Å². The summed E-state index contributed by atoms with van der Waals surface area (Å²) in [5, 5.41) is 20.5. The van der Waals surface area contributed by atoms with E-state index in [9.17, 15) is 10.1 Å². The van der Waals surface area contributed by atoms with Crippen LogP contribution in [-0.4, -0.2) is 26.8 Å². The molecule has 184 valence electrons. The van der Waals surface area contributed by atoms with Gasteiger partial charge in [-0.2, -0.15) is 10.2 Å². The number of aromatic nitrogens is 3. The Bertz CT molecular complexity index is 1440. The van der Waals surface area contributed by atoms with Crippen molar-refractivity contribution in [3.63, 3.8) is 0 Å². The van der Waals surface area contributed by atoms with Crippen LogP contribution in [0.5, 0.6) is 5.75 Å². The van der Waals surface area contributed by atoms with E-state index in [2.05, 4.69) is 31.4 Å². The molecule has 2 heterocycles. The van der Waals surface area contributed by atoms with Crippen molar-refractivity contribution in [1.29, 1.82) is 5.26 Å². The zero-order chi connectivity index (χ0) is 25.2. The first-order valence-corrected chi connectivity index (χ1v) is 12.1. The summed E-state index contributed by atoms with van der Waals surface area (Å²) < 4.78 is 13.3. The lowest BCUT2D eigenvalue weighted by Crippen LogP contribution is -2.34. The minimum Gasteiger partial charge on any atom is -0.484 e. The minimum atomic E-state index is -0.249. The SMILES string of the molecule is Cc1noc(COc2ccc3c(C#N)c(-c4ccc(NC(=O)NC(C)C)cc4)n(CC4CC4)c3c2)n1. The van der Waals surface area contributed by atoms with Gasteiger partial charge in [-0.1, -0.05) is 17.3 Å². The number of rotatable bonds is 8. The highest BCUT2D eigenvalue weighted by Crippen LogP contribution is 2.39. The monoisotopic (exact) mass is 484 g/mol. The summed E-state index contributed by atoms with van der Waals surface area (Å²) in [6.45, 7) is 6.58. The Morgan fingerprint density at radius 1 is 1.25 bits per heavy atom. The number of anilines is 1. The number of ether oxygens (including phenoxy) is 1. The zero-order valence-corrected chi connectivity index (χ0v) is 20.5. The maximum absolute atomic E-state index is 12.1. The van der Waals surface area contributed by atoms with Gasteiger partial charge in [0.25, 0.3) is 5.89 Å². The van der Waals surface area contributed by atoms with E-state index in [0.717, 1.165) is 28.7 Å². The number of nitrogens with zero attached hydrogens (tertiary/aromatic N) is 4. The fourth-order valence-electron chi connectivity index (χ4n) is 4.27. The van der Waals surface area contributed by atoms with Crippen molar-refractivity contribution in [2.75, 3.05) is 5.32 Å². The number of carbonyl (C=O) groups excluding carboxylic acids is 1. The third kappa shape index (κ3) is 5.03. The van der Waals surface area contributed by atoms with Gasteiger partial charge >= 0.3 is 6.03 Å². The van der Waals surface area contributed by atoms with Gasteiger partial charge < -0.3 is 24.5 Å². The molecule has 2 aromatic carbocycles. The number of benzene rings is 2. The average molecular weight is 485 g/mol. The molecule has 2 amide bonds. The molecular weight excluding hydrogens is 456 g/mol. The topological polar surface area (TPSA) is 118 Å². The Balaban J connectivity index is 1.49. The Morgan fingerprint density at radius 3 is 2.67 bits per heavy atom. The maximum atomic E-state index is 12.1. The van der Waals surface area contributed by atoms with Crippen LogP contribution in [0.3, 0.4) is 0 Å². The van der Waals surface area contributed by atoms with Gasteiger partial charge in [0.05, 0.1) is 16.8 Å². The molecule has 9 heteroatoms. The lowest BCUT2D eigenvalue weighted by Gasteiger charge is -2.13. The molecule has 0 saturated heterocycles. The first kappa shape index (κ1) is 23.4. The van der Waals surface area contributed by atoms with Gasteiger partial charge in [0, 0.05) is 29.7 Å². The van der Waals surface area contributed by atoms with Crippen LogP contribution in [0.25, 0.3) is 22.2 Å². The molecule has 36 heavy (non-hydrogen) atoms. The Kier molecular flexibility index (Phi) is 6.34. The van der Waals surface area contributed by atoms with E-state index in [-0.39, 0.29) is 18.7 Å². The van der Waals surface area contributed by atoms with E-state index in [1.807, 2.05) is 56.3 Å². The zero-order valence-electron chi connectivity index (χ0n) is 20.5. The number of amides is 2. The lowest BCUT2D eigenvalue weighted by molar-refractivity contribution is 0.243. The standard InChI is InChI=1S/C27H28N6O3/c1-16(2)29-27(34)31-20-8-6-19(7-9-20)26-23(13-28)22-11-10-21(35-15-25-30-17(3)32-36-25)12-24(22)33(26)14-18-4-5-18/h6-12,16,18H,4-5,14-15H2,1-3H3,(H2,29,31,34). The molecule has 0 spiro atoms. The summed E-state index contributed by atoms with van der Waals surface area (Å²) in [5.74, 6) is 2.24. The van der Waals surface area contributed by atoms with Crippen molar-refractivity contribution in [2.24, 2.45) is 5.92 Å². The second-order valence-electron chi connectivity index (χ2n) is 9.42. The first-order chi connectivity index (χ1) is 17.4. The number of carbonyl (C=O) groups is 1. The van der Waals surface area contributed by atoms with Gasteiger partial charge in [0.2, 0.25) is 0 Å². The van der Waals surface area contributed by atoms with E-state index < -0.39 is 0 Å². The molecule has 0 radical (unpaired) electrons. The van der Waals surface area contributed by atoms with Crippen molar-refractivity contribution in [2.45, 2.75) is 52.8 Å². The van der Waals surface area contributed by atoms with Gasteiger partial charge in [0.1, 0.15) is 11.8 Å². The lowest BCUT2D eigenvalue weighted by atomic mass is 10.1. The van der Waals surface area contributed by atoms with Gasteiger partial charge in [-0.25, -0.2) is 4.79 Å². The summed E-state index contributed by atoms with van der Waals surface area (Å²) in [4.78, 5) is 16.2. The Morgan fingerprint density at radius 2 is 2.03 bits per heavy atom.